The summed E-state index contributed by atoms with van der Waals surface area (Å²) >= 11 is 0. The number of anilines is 1. The molecule has 24 heavy (non-hydrogen) atoms. The lowest BCUT2D eigenvalue weighted by Crippen LogP contribution is -2.72. The predicted octanol–water partition coefficient (Wildman–Crippen LogP) is 1.55. The molecule has 5 aliphatic heterocycles. The van der Waals surface area contributed by atoms with Crippen LogP contribution in [0.3, 0.4) is 0 Å². The maximum atomic E-state index is 11.6. The van der Waals surface area contributed by atoms with Crippen LogP contribution in [-0.4, -0.2) is 52.6 Å². The average Bonchev–Trinajstić information content (AvgIpc) is 2.97. The molecule has 4 nitrogen and oxygen atoms in total. The number of aliphatic hydroxyl groups excluding tert-OH is 2. The number of hydrogen-bond donors (Lipinski definition) is 2. The van der Waals surface area contributed by atoms with Crippen LogP contribution in [0.2, 0.25) is 0 Å². The first-order chi connectivity index (χ1) is 11.6. The molecule has 6 aliphatic rings. The Balaban J connectivity index is 1.60. The van der Waals surface area contributed by atoms with E-state index in [-0.39, 0.29) is 17.7 Å². The smallest absolute Gasteiger partial charge is 0.111 e. The van der Waals surface area contributed by atoms with E-state index in [1.54, 1.807) is 0 Å². The number of fused-ring (bicyclic) bond motifs is 2. The van der Waals surface area contributed by atoms with Crippen LogP contribution in [0.25, 0.3) is 0 Å². The Morgan fingerprint density at radius 1 is 1.21 bits per heavy atom. The normalized spacial score (nSPS) is 55.8. The number of aliphatic hydroxyl groups is 2. The zero-order chi connectivity index (χ0) is 16.4. The van der Waals surface area contributed by atoms with Gasteiger partial charge < -0.3 is 15.1 Å². The summed E-state index contributed by atoms with van der Waals surface area (Å²) < 4.78 is 0. The predicted molar refractivity (Wildman–Crippen MR) is 91.7 cm³/mol. The standard InChI is InChI=1S/C20H26N2O2/c1-3-10-11-8-14-17-20(12-6-4-5-7-13(12)21(17)2)9-15(16(11)18(20)23)22(14)19(10)24/h4-7,10-11,14-19,23-24H,3,8-9H2,1-2H3/t10-,11+,14+,15+,16+,17-,18-,19+,20-/m0/s1. The van der Waals surface area contributed by atoms with Crippen molar-refractivity contribution in [1.82, 2.24) is 4.90 Å². The Labute approximate surface area is 143 Å². The van der Waals surface area contributed by atoms with Crippen molar-refractivity contribution >= 4 is 5.69 Å². The second-order valence-corrected chi connectivity index (χ2v) is 8.81. The Hall–Kier alpha value is -1.10. The molecule has 1 aliphatic carbocycles. The monoisotopic (exact) mass is 326 g/mol. The van der Waals surface area contributed by atoms with Crippen LogP contribution in [-0.2, 0) is 5.41 Å². The van der Waals surface area contributed by atoms with E-state index in [1.165, 1.54) is 11.3 Å². The van der Waals surface area contributed by atoms with Gasteiger partial charge in [0.2, 0.25) is 0 Å². The van der Waals surface area contributed by atoms with Gasteiger partial charge in [-0.15, -0.1) is 0 Å². The molecule has 1 unspecified atom stereocenters. The third-order valence-corrected chi connectivity index (χ3v) is 8.46. The topological polar surface area (TPSA) is 46.9 Å². The molecule has 1 aromatic carbocycles. The third-order valence-electron chi connectivity index (χ3n) is 8.46. The summed E-state index contributed by atoms with van der Waals surface area (Å²) in [4.78, 5) is 4.83. The SMILES string of the molecule is CC[C@H]1[C@H]2C[C@@H]3[C@@H]4N(C)c5ccccc5[C@@]45C[C@H]([C@@H]2[C@@H]5O)N3[C@@H]1O. The molecule has 10 atom stereocenters. The summed E-state index contributed by atoms with van der Waals surface area (Å²) in [7, 11) is 2.19. The van der Waals surface area contributed by atoms with Gasteiger partial charge in [-0.2, -0.15) is 0 Å². The fourth-order valence-electron chi connectivity index (χ4n) is 7.88. The molecule has 0 radical (unpaired) electrons. The lowest BCUT2D eigenvalue weighted by molar-refractivity contribution is -0.211. The van der Waals surface area contributed by atoms with Crippen molar-refractivity contribution in [2.75, 3.05) is 11.9 Å². The van der Waals surface area contributed by atoms with Crippen LogP contribution in [0.15, 0.2) is 24.3 Å². The van der Waals surface area contributed by atoms with Crippen LogP contribution in [0.4, 0.5) is 5.69 Å². The zero-order valence-electron chi connectivity index (χ0n) is 14.3. The van der Waals surface area contributed by atoms with E-state index in [0.29, 0.717) is 35.9 Å². The van der Waals surface area contributed by atoms with Gasteiger partial charge >= 0.3 is 0 Å². The third kappa shape index (κ3) is 1.20. The fraction of sp³-hybridized carbons (Fsp3) is 0.700. The Morgan fingerprint density at radius 3 is 2.79 bits per heavy atom. The van der Waals surface area contributed by atoms with E-state index in [2.05, 4.69) is 48.0 Å². The van der Waals surface area contributed by atoms with Crippen molar-refractivity contribution < 1.29 is 10.2 Å². The van der Waals surface area contributed by atoms with Crippen molar-refractivity contribution in [2.45, 2.75) is 62.1 Å². The van der Waals surface area contributed by atoms with Crippen molar-refractivity contribution in [3.63, 3.8) is 0 Å². The highest BCUT2D eigenvalue weighted by Gasteiger charge is 2.76. The van der Waals surface area contributed by atoms with Crippen molar-refractivity contribution in [3.8, 4) is 0 Å². The largest absolute Gasteiger partial charge is 0.392 e. The van der Waals surface area contributed by atoms with Gasteiger partial charge in [0.1, 0.15) is 6.23 Å². The Kier molecular flexibility index (Phi) is 2.45. The quantitative estimate of drug-likeness (QED) is 0.822. The molecule has 1 spiro atoms. The summed E-state index contributed by atoms with van der Waals surface area (Å²) in [5, 5.41) is 22.6. The van der Waals surface area contributed by atoms with Crippen LogP contribution in [0.5, 0.6) is 0 Å². The second kappa shape index (κ2) is 4.17. The van der Waals surface area contributed by atoms with Gasteiger partial charge in [0, 0.05) is 42.1 Å². The lowest BCUT2D eigenvalue weighted by atomic mass is 9.62. The second-order valence-electron chi connectivity index (χ2n) is 8.81. The fourth-order valence-corrected chi connectivity index (χ4v) is 7.88. The van der Waals surface area contributed by atoms with Gasteiger partial charge in [0.25, 0.3) is 0 Å². The number of nitrogens with zero attached hydrogens (tertiary/aromatic N) is 2. The molecule has 7 rings (SSSR count). The van der Waals surface area contributed by atoms with Crippen LogP contribution in [0, 0.1) is 17.8 Å². The number of likely N-dealkylation sites (N-methyl/N-ethyl adjacent to an activating group) is 1. The first-order valence-electron chi connectivity index (χ1n) is 9.57. The average molecular weight is 326 g/mol. The van der Waals surface area contributed by atoms with Gasteiger partial charge in [-0.1, -0.05) is 25.1 Å². The lowest BCUT2D eigenvalue weighted by Gasteiger charge is -2.62. The molecule has 128 valence electrons. The highest BCUT2D eigenvalue weighted by Crippen LogP contribution is 2.68. The van der Waals surface area contributed by atoms with E-state index >= 15 is 0 Å². The molecular weight excluding hydrogens is 300 g/mol. The van der Waals surface area contributed by atoms with E-state index in [1.807, 2.05) is 0 Å². The minimum absolute atomic E-state index is 0.126. The molecule has 1 aromatic rings. The summed E-state index contributed by atoms with van der Waals surface area (Å²) in [5.74, 6) is 1.14. The number of rotatable bonds is 1. The number of benzene rings is 1. The van der Waals surface area contributed by atoms with Gasteiger partial charge in [-0.25, -0.2) is 0 Å². The highest BCUT2D eigenvalue weighted by atomic mass is 16.3. The van der Waals surface area contributed by atoms with Gasteiger partial charge in [0.15, 0.2) is 0 Å². The summed E-state index contributed by atoms with van der Waals surface area (Å²) in [6.07, 6.45) is 2.56. The molecule has 5 bridgehead atoms. The van der Waals surface area contributed by atoms with E-state index in [9.17, 15) is 10.2 Å². The molecule has 2 N–H and O–H groups in total. The van der Waals surface area contributed by atoms with E-state index in [0.717, 1.165) is 19.3 Å². The summed E-state index contributed by atoms with van der Waals surface area (Å²) in [6.45, 7) is 2.19. The van der Waals surface area contributed by atoms with Gasteiger partial charge in [-0.05, 0) is 36.8 Å². The van der Waals surface area contributed by atoms with Crippen molar-refractivity contribution in [2.24, 2.45) is 17.8 Å². The van der Waals surface area contributed by atoms with Gasteiger partial charge in [0.05, 0.1) is 12.1 Å². The Morgan fingerprint density at radius 2 is 2.00 bits per heavy atom. The first kappa shape index (κ1) is 14.1. The van der Waals surface area contributed by atoms with Crippen LogP contribution in [0.1, 0.15) is 31.7 Å². The number of piperidine rings is 4. The van der Waals surface area contributed by atoms with Crippen molar-refractivity contribution in [3.05, 3.63) is 29.8 Å². The van der Waals surface area contributed by atoms with Crippen LogP contribution < -0.4 is 4.90 Å². The highest BCUT2D eigenvalue weighted by molar-refractivity contribution is 5.67. The number of para-hydroxylation sites is 1. The maximum absolute atomic E-state index is 11.6. The molecule has 1 saturated carbocycles. The molecular formula is C20H26N2O2. The number of hydrogen-bond acceptors (Lipinski definition) is 4. The van der Waals surface area contributed by atoms with Crippen LogP contribution >= 0.6 is 0 Å². The molecule has 4 heteroatoms. The minimum atomic E-state index is -0.319. The van der Waals surface area contributed by atoms with Gasteiger partial charge in [-0.3, -0.25) is 4.90 Å². The van der Waals surface area contributed by atoms with E-state index in [4.69, 9.17) is 0 Å². The molecule has 5 heterocycles. The molecule has 4 saturated heterocycles. The molecule has 0 amide bonds. The van der Waals surface area contributed by atoms with Crippen molar-refractivity contribution in [1.29, 1.82) is 0 Å². The Bertz CT molecular complexity index is 723. The van der Waals surface area contributed by atoms with E-state index < -0.39 is 0 Å². The molecule has 0 aromatic heterocycles. The minimum Gasteiger partial charge on any atom is -0.392 e. The summed E-state index contributed by atoms with van der Waals surface area (Å²) in [6, 6.07) is 9.70. The zero-order valence-corrected chi connectivity index (χ0v) is 14.3. The maximum Gasteiger partial charge on any atom is 0.111 e. The first-order valence-corrected chi connectivity index (χ1v) is 9.57. The molecule has 5 fully saturated rings. The summed E-state index contributed by atoms with van der Waals surface area (Å²) in [5.41, 5.74) is 2.51.